The molecule has 0 saturated carbocycles. The van der Waals surface area contributed by atoms with Crippen LogP contribution in [0.25, 0.3) is 0 Å². The topological polar surface area (TPSA) is 84.7 Å². The van der Waals surface area contributed by atoms with Crippen LogP contribution in [0.3, 0.4) is 0 Å². The van der Waals surface area contributed by atoms with E-state index in [1.807, 2.05) is 23.1 Å². The molecule has 2 unspecified atom stereocenters. The molecule has 2 rings (SSSR count). The second-order valence-corrected chi connectivity index (χ2v) is 7.22. The lowest BCUT2D eigenvalue weighted by Gasteiger charge is -2.36. The van der Waals surface area contributed by atoms with E-state index in [1.54, 1.807) is 0 Å². The number of rotatable bonds is 9. The Hall–Kier alpha value is -2.08. The molecule has 0 aromatic heterocycles. The van der Waals surface area contributed by atoms with E-state index in [0.29, 0.717) is 32.0 Å². The van der Waals surface area contributed by atoms with E-state index in [4.69, 9.17) is 10.5 Å². The number of carbonyl (C=O) groups is 2. The number of likely N-dealkylation sites (tertiary alicyclic amines) is 1. The first kappa shape index (κ1) is 21.2. The first-order valence-electron chi connectivity index (χ1n) is 10.0. The number of para-hydroxylation sites is 1. The van der Waals surface area contributed by atoms with E-state index in [-0.39, 0.29) is 24.5 Å². The molecule has 3 N–H and O–H groups in total. The number of hydrogen-bond donors (Lipinski definition) is 2. The SMILES string of the molecule is CCC(C)c1ccccc1OCC(=O)N1CCCCC1CNC(=O)CCN. The quantitative estimate of drug-likeness (QED) is 0.694. The van der Waals surface area contributed by atoms with Gasteiger partial charge in [0.05, 0.1) is 0 Å². The van der Waals surface area contributed by atoms with Gasteiger partial charge in [-0.05, 0) is 43.2 Å². The van der Waals surface area contributed by atoms with Gasteiger partial charge in [0, 0.05) is 32.1 Å². The summed E-state index contributed by atoms with van der Waals surface area (Å²) in [4.78, 5) is 26.3. The maximum Gasteiger partial charge on any atom is 0.260 e. The Morgan fingerprint density at radius 2 is 2.11 bits per heavy atom. The Kier molecular flexibility index (Phi) is 8.58. The summed E-state index contributed by atoms with van der Waals surface area (Å²) >= 11 is 0. The smallest absolute Gasteiger partial charge is 0.260 e. The number of nitrogens with two attached hydrogens (primary N) is 1. The van der Waals surface area contributed by atoms with Crippen LogP contribution in [0.5, 0.6) is 5.75 Å². The van der Waals surface area contributed by atoms with Crippen LogP contribution in [-0.2, 0) is 9.59 Å². The minimum absolute atomic E-state index is 0.0215. The third-order valence-electron chi connectivity index (χ3n) is 5.27. The minimum atomic E-state index is -0.0609. The fourth-order valence-corrected chi connectivity index (χ4v) is 3.45. The van der Waals surface area contributed by atoms with Crippen molar-refractivity contribution >= 4 is 11.8 Å². The second-order valence-electron chi connectivity index (χ2n) is 7.22. The van der Waals surface area contributed by atoms with Gasteiger partial charge in [-0.2, -0.15) is 0 Å². The third-order valence-corrected chi connectivity index (χ3v) is 5.27. The van der Waals surface area contributed by atoms with Crippen LogP contribution < -0.4 is 15.8 Å². The van der Waals surface area contributed by atoms with Gasteiger partial charge in [0.2, 0.25) is 5.91 Å². The number of carbonyl (C=O) groups excluding carboxylic acids is 2. The van der Waals surface area contributed by atoms with E-state index in [0.717, 1.165) is 37.0 Å². The minimum Gasteiger partial charge on any atom is -0.483 e. The molecule has 1 aliphatic heterocycles. The van der Waals surface area contributed by atoms with Crippen LogP contribution in [0.2, 0.25) is 0 Å². The summed E-state index contributed by atoms with van der Waals surface area (Å²) < 4.78 is 5.89. The van der Waals surface area contributed by atoms with Crippen LogP contribution in [0.4, 0.5) is 0 Å². The monoisotopic (exact) mass is 375 g/mol. The van der Waals surface area contributed by atoms with Crippen LogP contribution in [0.15, 0.2) is 24.3 Å². The predicted molar refractivity (Wildman–Crippen MR) is 107 cm³/mol. The summed E-state index contributed by atoms with van der Waals surface area (Å²) in [5, 5.41) is 2.89. The van der Waals surface area contributed by atoms with Gasteiger partial charge in [-0.15, -0.1) is 0 Å². The second kappa shape index (κ2) is 10.9. The molecule has 1 aliphatic rings. The molecule has 1 fully saturated rings. The highest BCUT2D eigenvalue weighted by molar-refractivity contribution is 5.79. The van der Waals surface area contributed by atoms with Crippen molar-refractivity contribution < 1.29 is 14.3 Å². The average molecular weight is 376 g/mol. The molecule has 1 saturated heterocycles. The van der Waals surface area contributed by atoms with Crippen molar-refractivity contribution in [3.05, 3.63) is 29.8 Å². The van der Waals surface area contributed by atoms with Crippen molar-refractivity contribution in [1.29, 1.82) is 0 Å². The van der Waals surface area contributed by atoms with Gasteiger partial charge in [0.1, 0.15) is 5.75 Å². The zero-order chi connectivity index (χ0) is 19.6. The summed E-state index contributed by atoms with van der Waals surface area (Å²) in [7, 11) is 0. The Morgan fingerprint density at radius 3 is 2.85 bits per heavy atom. The third kappa shape index (κ3) is 6.24. The van der Waals surface area contributed by atoms with Gasteiger partial charge in [-0.1, -0.05) is 32.0 Å². The summed E-state index contributed by atoms with van der Waals surface area (Å²) in [5.41, 5.74) is 6.55. The molecular formula is C21H33N3O3. The van der Waals surface area contributed by atoms with E-state index in [1.165, 1.54) is 0 Å². The van der Waals surface area contributed by atoms with Crippen molar-refractivity contribution in [2.75, 3.05) is 26.2 Å². The zero-order valence-electron chi connectivity index (χ0n) is 16.6. The number of nitrogens with zero attached hydrogens (tertiary/aromatic N) is 1. The van der Waals surface area contributed by atoms with Crippen LogP contribution in [-0.4, -0.2) is 49.0 Å². The van der Waals surface area contributed by atoms with Crippen molar-refractivity contribution in [3.63, 3.8) is 0 Å². The van der Waals surface area contributed by atoms with Crippen molar-refractivity contribution in [2.45, 2.75) is 57.9 Å². The Bertz CT molecular complexity index is 620. The molecule has 150 valence electrons. The molecule has 0 bridgehead atoms. The van der Waals surface area contributed by atoms with Gasteiger partial charge in [0.15, 0.2) is 6.61 Å². The highest BCUT2D eigenvalue weighted by Crippen LogP contribution is 2.28. The lowest BCUT2D eigenvalue weighted by atomic mass is 9.98. The normalized spacial score (nSPS) is 18.0. The average Bonchev–Trinajstić information content (AvgIpc) is 2.70. The molecule has 6 heteroatoms. The van der Waals surface area contributed by atoms with E-state index >= 15 is 0 Å². The van der Waals surface area contributed by atoms with Crippen molar-refractivity contribution in [1.82, 2.24) is 10.2 Å². The van der Waals surface area contributed by atoms with Gasteiger partial charge in [-0.25, -0.2) is 0 Å². The molecule has 0 spiro atoms. The highest BCUT2D eigenvalue weighted by Gasteiger charge is 2.27. The van der Waals surface area contributed by atoms with Gasteiger partial charge < -0.3 is 20.7 Å². The molecule has 6 nitrogen and oxygen atoms in total. The van der Waals surface area contributed by atoms with Gasteiger partial charge >= 0.3 is 0 Å². The molecule has 0 radical (unpaired) electrons. The zero-order valence-corrected chi connectivity index (χ0v) is 16.6. The number of nitrogens with one attached hydrogen (secondary N) is 1. The molecule has 0 aliphatic carbocycles. The van der Waals surface area contributed by atoms with Gasteiger partial charge in [-0.3, -0.25) is 9.59 Å². The molecule has 1 heterocycles. The summed E-state index contributed by atoms with van der Waals surface area (Å²) in [5.74, 6) is 1.09. The molecule has 2 atom stereocenters. The fraction of sp³-hybridized carbons (Fsp3) is 0.619. The van der Waals surface area contributed by atoms with Crippen LogP contribution in [0.1, 0.15) is 57.4 Å². The standard InChI is InChI=1S/C21H33N3O3/c1-3-16(2)18-9-4-5-10-19(18)27-15-21(26)24-13-7-6-8-17(24)14-23-20(25)11-12-22/h4-5,9-10,16-17H,3,6-8,11-15,22H2,1-2H3,(H,23,25). The largest absolute Gasteiger partial charge is 0.483 e. The number of piperidine rings is 1. The summed E-state index contributed by atoms with van der Waals surface area (Å²) in [6.07, 6.45) is 4.29. The summed E-state index contributed by atoms with van der Waals surface area (Å²) in [6, 6.07) is 7.95. The molecule has 1 aromatic rings. The first-order chi connectivity index (χ1) is 13.1. The van der Waals surface area contributed by atoms with E-state index in [9.17, 15) is 9.59 Å². The number of hydrogen-bond acceptors (Lipinski definition) is 4. The lowest BCUT2D eigenvalue weighted by molar-refractivity contribution is -0.137. The van der Waals surface area contributed by atoms with Crippen molar-refractivity contribution in [3.8, 4) is 5.75 Å². The van der Waals surface area contributed by atoms with E-state index in [2.05, 4.69) is 25.2 Å². The molecular weight excluding hydrogens is 342 g/mol. The molecule has 2 amide bonds. The Morgan fingerprint density at radius 1 is 1.33 bits per heavy atom. The molecule has 1 aromatic carbocycles. The fourth-order valence-electron chi connectivity index (χ4n) is 3.45. The number of amides is 2. The maximum atomic E-state index is 12.8. The summed E-state index contributed by atoms with van der Waals surface area (Å²) in [6.45, 7) is 5.86. The number of ether oxygens (including phenoxy) is 1. The molecule has 27 heavy (non-hydrogen) atoms. The highest BCUT2D eigenvalue weighted by atomic mass is 16.5. The van der Waals surface area contributed by atoms with Crippen LogP contribution >= 0.6 is 0 Å². The number of benzene rings is 1. The Balaban J connectivity index is 1.94. The lowest BCUT2D eigenvalue weighted by Crippen LogP contribution is -2.50. The first-order valence-corrected chi connectivity index (χ1v) is 10.0. The van der Waals surface area contributed by atoms with Gasteiger partial charge in [0.25, 0.3) is 5.91 Å². The van der Waals surface area contributed by atoms with Crippen LogP contribution in [0, 0.1) is 0 Å². The maximum absolute atomic E-state index is 12.8. The Labute approximate surface area is 162 Å². The van der Waals surface area contributed by atoms with Crippen molar-refractivity contribution in [2.24, 2.45) is 5.73 Å². The van der Waals surface area contributed by atoms with E-state index < -0.39 is 0 Å². The predicted octanol–water partition coefficient (Wildman–Crippen LogP) is 2.42.